The largest absolute Gasteiger partial charge is 0.481 e. The van der Waals surface area contributed by atoms with Gasteiger partial charge in [0.15, 0.2) is 0 Å². The van der Waals surface area contributed by atoms with E-state index in [0.29, 0.717) is 0 Å². The number of carboxylic acids is 1. The van der Waals surface area contributed by atoms with Crippen molar-refractivity contribution in [1.82, 2.24) is 0 Å². The maximum atomic E-state index is 10.4. The Kier molecular flexibility index (Phi) is 7.96. The van der Waals surface area contributed by atoms with Crippen LogP contribution in [-0.2, 0) is 11.2 Å². The van der Waals surface area contributed by atoms with Crippen LogP contribution in [0.1, 0.15) is 24.8 Å². The molecule has 0 saturated heterocycles. The van der Waals surface area contributed by atoms with Gasteiger partial charge in [-0.05, 0) is 37.0 Å². The van der Waals surface area contributed by atoms with Crippen LogP contribution in [0.25, 0.3) is 0 Å². The van der Waals surface area contributed by atoms with E-state index in [0.717, 1.165) is 24.3 Å². The van der Waals surface area contributed by atoms with E-state index in [1.54, 1.807) is 0 Å². The van der Waals surface area contributed by atoms with Crippen LogP contribution in [0, 0.1) is 0 Å². The van der Waals surface area contributed by atoms with Crippen LogP contribution >= 0.6 is 24.0 Å². The lowest BCUT2D eigenvalue weighted by Crippen LogP contribution is -2.23. The third-order valence-corrected chi connectivity index (χ3v) is 2.64. The molecule has 0 fully saturated rings. The second-order valence-electron chi connectivity index (χ2n) is 3.88. The highest BCUT2D eigenvalue weighted by Crippen LogP contribution is 2.12. The predicted octanol–water partition coefficient (Wildman–Crippen LogP) is 2.89. The van der Waals surface area contributed by atoms with E-state index >= 15 is 0 Å². The van der Waals surface area contributed by atoms with E-state index in [2.05, 4.69) is 0 Å². The van der Waals surface area contributed by atoms with E-state index in [1.807, 2.05) is 24.3 Å². The van der Waals surface area contributed by atoms with Crippen molar-refractivity contribution in [2.45, 2.75) is 31.7 Å². The van der Waals surface area contributed by atoms with Gasteiger partial charge in [-0.3, -0.25) is 4.79 Å². The molecular formula is C12H17Cl2NO2. The maximum absolute atomic E-state index is 10.4. The topological polar surface area (TPSA) is 63.3 Å². The highest BCUT2D eigenvalue weighted by molar-refractivity contribution is 6.30. The fourth-order valence-corrected chi connectivity index (χ4v) is 1.67. The maximum Gasteiger partial charge on any atom is 0.304 e. The number of aryl methyl sites for hydroxylation is 1. The zero-order chi connectivity index (χ0) is 12.0. The van der Waals surface area contributed by atoms with Crippen molar-refractivity contribution in [3.63, 3.8) is 0 Å². The summed E-state index contributed by atoms with van der Waals surface area (Å²) in [6.07, 6.45) is 2.58. The van der Waals surface area contributed by atoms with Gasteiger partial charge in [-0.25, -0.2) is 0 Å². The molecule has 3 N–H and O–H groups in total. The lowest BCUT2D eigenvalue weighted by atomic mass is 10.0. The van der Waals surface area contributed by atoms with Gasteiger partial charge in [-0.1, -0.05) is 23.7 Å². The zero-order valence-electron chi connectivity index (χ0n) is 9.43. The Hall–Kier alpha value is -0.770. The van der Waals surface area contributed by atoms with Crippen LogP contribution in [-0.4, -0.2) is 17.1 Å². The number of hydrogen-bond donors (Lipinski definition) is 2. The SMILES string of the molecule is Cl.N[C@@H](CCCc1ccc(Cl)cc1)CC(=O)O. The van der Waals surface area contributed by atoms with Gasteiger partial charge >= 0.3 is 5.97 Å². The molecule has 0 aliphatic carbocycles. The highest BCUT2D eigenvalue weighted by Gasteiger charge is 2.07. The minimum atomic E-state index is -0.834. The normalized spacial score (nSPS) is 11.6. The third kappa shape index (κ3) is 7.21. The van der Waals surface area contributed by atoms with Crippen molar-refractivity contribution in [2.75, 3.05) is 0 Å². The molecule has 1 aromatic carbocycles. The monoisotopic (exact) mass is 277 g/mol. The third-order valence-electron chi connectivity index (χ3n) is 2.39. The Balaban J connectivity index is 0.00000256. The smallest absolute Gasteiger partial charge is 0.304 e. The zero-order valence-corrected chi connectivity index (χ0v) is 11.0. The number of carboxylic acid groups (broad SMARTS) is 1. The van der Waals surface area contributed by atoms with Gasteiger partial charge in [0.1, 0.15) is 0 Å². The molecule has 1 atom stereocenters. The number of nitrogens with two attached hydrogens (primary N) is 1. The lowest BCUT2D eigenvalue weighted by molar-refractivity contribution is -0.137. The molecule has 0 aromatic heterocycles. The Morgan fingerprint density at radius 2 is 1.94 bits per heavy atom. The first-order valence-electron chi connectivity index (χ1n) is 5.30. The molecule has 0 unspecified atom stereocenters. The average molecular weight is 278 g/mol. The van der Waals surface area contributed by atoms with Gasteiger partial charge in [0.25, 0.3) is 0 Å². The Bertz CT molecular complexity index is 341. The minimum absolute atomic E-state index is 0. The Morgan fingerprint density at radius 3 is 2.47 bits per heavy atom. The lowest BCUT2D eigenvalue weighted by Gasteiger charge is -2.08. The molecule has 0 bridgehead atoms. The van der Waals surface area contributed by atoms with Crippen molar-refractivity contribution in [3.8, 4) is 0 Å². The van der Waals surface area contributed by atoms with Crippen molar-refractivity contribution in [2.24, 2.45) is 5.73 Å². The minimum Gasteiger partial charge on any atom is -0.481 e. The van der Waals surface area contributed by atoms with Crippen LogP contribution in [0.4, 0.5) is 0 Å². The van der Waals surface area contributed by atoms with Crippen LogP contribution in [0.2, 0.25) is 5.02 Å². The first-order chi connectivity index (χ1) is 7.58. The summed E-state index contributed by atoms with van der Waals surface area (Å²) in [4.78, 5) is 10.4. The first kappa shape index (κ1) is 16.2. The summed E-state index contributed by atoms with van der Waals surface area (Å²) in [7, 11) is 0. The molecule has 0 aliphatic rings. The number of benzene rings is 1. The molecular weight excluding hydrogens is 261 g/mol. The molecule has 0 radical (unpaired) electrons. The summed E-state index contributed by atoms with van der Waals surface area (Å²) in [6, 6.07) is 7.42. The first-order valence-corrected chi connectivity index (χ1v) is 5.67. The molecule has 0 aliphatic heterocycles. The second-order valence-corrected chi connectivity index (χ2v) is 4.31. The standard InChI is InChI=1S/C12H16ClNO2.ClH/c13-10-6-4-9(5-7-10)2-1-3-11(14)8-12(15)16;/h4-7,11H,1-3,8,14H2,(H,15,16);1H/t11-;/m0./s1. The van der Waals surface area contributed by atoms with Crippen LogP contribution in [0.3, 0.4) is 0 Å². The molecule has 0 spiro atoms. The fraction of sp³-hybridized carbons (Fsp3) is 0.417. The van der Waals surface area contributed by atoms with Gasteiger partial charge in [-0.2, -0.15) is 0 Å². The number of aliphatic carboxylic acids is 1. The van der Waals surface area contributed by atoms with Crippen LogP contribution < -0.4 is 5.73 Å². The number of carbonyl (C=O) groups is 1. The van der Waals surface area contributed by atoms with E-state index in [-0.39, 0.29) is 24.9 Å². The average Bonchev–Trinajstić information content (AvgIpc) is 2.20. The molecule has 1 rings (SSSR count). The summed E-state index contributed by atoms with van der Waals surface area (Å²) in [6.45, 7) is 0. The highest BCUT2D eigenvalue weighted by atomic mass is 35.5. The molecule has 96 valence electrons. The van der Waals surface area contributed by atoms with Crippen molar-refractivity contribution >= 4 is 30.0 Å². The van der Waals surface area contributed by atoms with E-state index in [9.17, 15) is 4.79 Å². The molecule has 0 saturated carbocycles. The van der Waals surface area contributed by atoms with Crippen molar-refractivity contribution < 1.29 is 9.90 Å². The summed E-state index contributed by atoms with van der Waals surface area (Å²) in [5, 5.41) is 9.26. The van der Waals surface area contributed by atoms with Gasteiger partial charge in [0, 0.05) is 11.1 Å². The van der Waals surface area contributed by atoms with Crippen LogP contribution in [0.15, 0.2) is 24.3 Å². The molecule has 3 nitrogen and oxygen atoms in total. The number of rotatable bonds is 6. The molecule has 1 aromatic rings. The quantitative estimate of drug-likeness (QED) is 0.841. The number of hydrogen-bond acceptors (Lipinski definition) is 2. The summed E-state index contributed by atoms with van der Waals surface area (Å²) in [5.74, 6) is -0.834. The number of halogens is 2. The fourth-order valence-electron chi connectivity index (χ4n) is 1.55. The van der Waals surface area contributed by atoms with E-state index in [4.69, 9.17) is 22.4 Å². The Morgan fingerprint density at radius 1 is 1.35 bits per heavy atom. The van der Waals surface area contributed by atoms with Crippen molar-refractivity contribution in [1.29, 1.82) is 0 Å². The second kappa shape index (κ2) is 8.34. The van der Waals surface area contributed by atoms with E-state index < -0.39 is 5.97 Å². The van der Waals surface area contributed by atoms with Crippen LogP contribution in [0.5, 0.6) is 0 Å². The van der Waals surface area contributed by atoms with Gasteiger partial charge < -0.3 is 10.8 Å². The Labute approximate surface area is 112 Å². The van der Waals surface area contributed by atoms with Gasteiger partial charge in [-0.15, -0.1) is 12.4 Å². The predicted molar refractivity (Wildman–Crippen MR) is 71.9 cm³/mol. The molecule has 0 heterocycles. The van der Waals surface area contributed by atoms with Gasteiger partial charge in [0.2, 0.25) is 0 Å². The van der Waals surface area contributed by atoms with E-state index in [1.165, 1.54) is 5.56 Å². The summed E-state index contributed by atoms with van der Waals surface area (Å²) in [5.41, 5.74) is 6.86. The molecule has 0 amide bonds. The molecule has 5 heteroatoms. The van der Waals surface area contributed by atoms with Gasteiger partial charge in [0.05, 0.1) is 6.42 Å². The van der Waals surface area contributed by atoms with Crippen molar-refractivity contribution in [3.05, 3.63) is 34.9 Å². The molecule has 17 heavy (non-hydrogen) atoms. The summed E-state index contributed by atoms with van der Waals surface area (Å²) < 4.78 is 0. The summed E-state index contributed by atoms with van der Waals surface area (Å²) >= 11 is 5.77.